The molecule has 0 aromatic heterocycles. The summed E-state index contributed by atoms with van der Waals surface area (Å²) in [4.78, 5) is 38.3. The van der Waals surface area contributed by atoms with Gasteiger partial charge in [-0.05, 0) is 141 Å². The van der Waals surface area contributed by atoms with Crippen LogP contribution in [0.15, 0.2) is 134 Å². The predicted octanol–water partition coefficient (Wildman–Crippen LogP) is 23.7. The van der Waals surface area contributed by atoms with E-state index >= 15 is 0 Å². The molecular weight excluding hydrogens is 1010 g/mol. The summed E-state index contributed by atoms with van der Waals surface area (Å²) < 4.78 is 16.9. The Morgan fingerprint density at radius 1 is 0.256 bits per heavy atom. The van der Waals surface area contributed by atoms with Crippen LogP contribution in [0.2, 0.25) is 0 Å². The molecule has 0 aliphatic carbocycles. The van der Waals surface area contributed by atoms with E-state index in [1.807, 2.05) is 0 Å². The molecule has 0 saturated heterocycles. The molecule has 82 heavy (non-hydrogen) atoms. The molecule has 0 aliphatic heterocycles. The molecule has 0 heterocycles. The Labute approximate surface area is 506 Å². The van der Waals surface area contributed by atoms with Gasteiger partial charge in [-0.3, -0.25) is 14.4 Å². The largest absolute Gasteiger partial charge is 0.462 e. The lowest BCUT2D eigenvalue weighted by molar-refractivity contribution is -0.167. The summed E-state index contributed by atoms with van der Waals surface area (Å²) in [6.07, 6.45) is 97.5. The Hall–Kier alpha value is -4.45. The number of rotatable bonds is 61. The van der Waals surface area contributed by atoms with Crippen molar-refractivity contribution in [2.45, 2.75) is 316 Å². The lowest BCUT2D eigenvalue weighted by Gasteiger charge is -2.18. The molecule has 0 aromatic rings. The van der Waals surface area contributed by atoms with Crippen molar-refractivity contribution in [3.63, 3.8) is 0 Å². The average Bonchev–Trinajstić information content (AvgIpc) is 3.47. The SMILES string of the molecule is CC/C=C\C/C=C\C/C=C\C/C=C\C/C=C\C/C=C\C/C=C\C/C=C\C/C=C\CCCCCCCCCC(=O)OCC(COC(=O)CCCCCCC/C=C\CCCCCC)OC(=O)CCCCCCC/C=C\CCCCCCCCC. The standard InChI is InChI=1S/C76H126O6/c1-4-7-10-13-16-19-22-25-27-29-30-31-32-33-34-35-36-37-38-39-40-41-42-43-44-45-46-47-49-51-54-57-60-63-66-69-75(78)81-72-73(71-80-74(77)68-65-62-59-56-53-50-24-21-18-15-12-9-6-3)82-76(79)70-67-64-61-58-55-52-48-28-26-23-20-17-14-11-8-5-2/h7,10,16,19,21,24-25,27-28,30-31,33-34,36-37,39-40,42-43,45-46,48,73H,4-6,8-9,11-15,17-18,20,22-23,26,29,32,35,38,41,44,47,49-72H2,1-3H3/b10-7-,19-16-,24-21-,27-25-,31-30-,34-33-,37-36-,40-39-,43-42-,46-45-,48-28-. The minimum absolute atomic E-state index is 0.0902. The first-order chi connectivity index (χ1) is 40.5. The first kappa shape index (κ1) is 77.5. The van der Waals surface area contributed by atoms with E-state index in [4.69, 9.17) is 14.2 Å². The third-order valence-corrected chi connectivity index (χ3v) is 14.4. The third kappa shape index (κ3) is 66.4. The topological polar surface area (TPSA) is 78.9 Å². The highest BCUT2D eigenvalue weighted by Crippen LogP contribution is 2.15. The highest BCUT2D eigenvalue weighted by molar-refractivity contribution is 5.71. The molecule has 0 radical (unpaired) electrons. The summed E-state index contributed by atoms with van der Waals surface area (Å²) in [5.74, 6) is -0.913. The molecule has 0 spiro atoms. The van der Waals surface area contributed by atoms with Crippen LogP contribution in [-0.2, 0) is 28.6 Å². The van der Waals surface area contributed by atoms with Gasteiger partial charge in [-0.1, -0.05) is 283 Å². The Bertz CT molecular complexity index is 1730. The van der Waals surface area contributed by atoms with Gasteiger partial charge in [0.15, 0.2) is 6.10 Å². The number of allylic oxidation sites excluding steroid dienone is 22. The van der Waals surface area contributed by atoms with Gasteiger partial charge in [-0.15, -0.1) is 0 Å². The second kappa shape index (κ2) is 69.0. The lowest BCUT2D eigenvalue weighted by Crippen LogP contribution is -2.30. The molecule has 0 rings (SSSR count). The van der Waals surface area contributed by atoms with E-state index in [-0.39, 0.29) is 31.1 Å². The summed E-state index contributed by atoms with van der Waals surface area (Å²) in [5.41, 5.74) is 0. The fourth-order valence-electron chi connectivity index (χ4n) is 9.25. The van der Waals surface area contributed by atoms with Gasteiger partial charge < -0.3 is 14.2 Å². The number of unbranched alkanes of at least 4 members (excludes halogenated alkanes) is 28. The normalized spacial score (nSPS) is 13.0. The van der Waals surface area contributed by atoms with Crippen molar-refractivity contribution in [2.24, 2.45) is 0 Å². The summed E-state index contributed by atoms with van der Waals surface area (Å²) in [7, 11) is 0. The molecule has 0 aromatic carbocycles. The first-order valence-corrected chi connectivity index (χ1v) is 34.2. The van der Waals surface area contributed by atoms with Crippen molar-refractivity contribution in [3.05, 3.63) is 134 Å². The summed E-state index contributed by atoms with van der Waals surface area (Å²) in [6.45, 7) is 6.50. The fourth-order valence-corrected chi connectivity index (χ4v) is 9.25. The van der Waals surface area contributed by atoms with E-state index < -0.39 is 6.10 Å². The first-order valence-electron chi connectivity index (χ1n) is 34.2. The molecule has 0 aliphatic rings. The van der Waals surface area contributed by atoms with Crippen LogP contribution >= 0.6 is 0 Å². The summed E-state index contributed by atoms with van der Waals surface area (Å²) in [5, 5.41) is 0. The number of hydrogen-bond donors (Lipinski definition) is 0. The Kier molecular flexibility index (Phi) is 65.3. The van der Waals surface area contributed by atoms with Crippen molar-refractivity contribution in [1.29, 1.82) is 0 Å². The molecule has 0 saturated carbocycles. The molecule has 466 valence electrons. The fraction of sp³-hybridized carbons (Fsp3) is 0.671. The predicted molar refractivity (Wildman–Crippen MR) is 357 cm³/mol. The lowest BCUT2D eigenvalue weighted by atomic mass is 10.1. The molecule has 6 heteroatoms. The van der Waals surface area contributed by atoms with Crippen LogP contribution in [0.1, 0.15) is 310 Å². The van der Waals surface area contributed by atoms with E-state index in [1.165, 1.54) is 128 Å². The van der Waals surface area contributed by atoms with Crippen LogP contribution in [0.3, 0.4) is 0 Å². The molecule has 1 unspecified atom stereocenters. The molecule has 0 bridgehead atoms. The van der Waals surface area contributed by atoms with Gasteiger partial charge in [0.1, 0.15) is 13.2 Å². The second-order valence-electron chi connectivity index (χ2n) is 22.3. The Morgan fingerprint density at radius 3 is 0.768 bits per heavy atom. The number of carbonyl (C=O) groups is 3. The maximum atomic E-state index is 12.9. The molecule has 0 fully saturated rings. The zero-order valence-electron chi connectivity index (χ0n) is 53.5. The maximum Gasteiger partial charge on any atom is 0.306 e. The highest BCUT2D eigenvalue weighted by atomic mass is 16.6. The van der Waals surface area contributed by atoms with Crippen molar-refractivity contribution in [2.75, 3.05) is 13.2 Å². The van der Waals surface area contributed by atoms with Crippen molar-refractivity contribution in [3.8, 4) is 0 Å². The average molecular weight is 1140 g/mol. The molecular formula is C76H126O6. The van der Waals surface area contributed by atoms with Crippen LogP contribution in [0.25, 0.3) is 0 Å². The highest BCUT2D eigenvalue weighted by Gasteiger charge is 2.19. The third-order valence-electron chi connectivity index (χ3n) is 14.4. The number of esters is 3. The van der Waals surface area contributed by atoms with Crippen molar-refractivity contribution in [1.82, 2.24) is 0 Å². The van der Waals surface area contributed by atoms with Gasteiger partial charge in [0.2, 0.25) is 0 Å². The van der Waals surface area contributed by atoms with Crippen molar-refractivity contribution >= 4 is 17.9 Å². The monoisotopic (exact) mass is 1130 g/mol. The van der Waals surface area contributed by atoms with Crippen LogP contribution in [0, 0.1) is 0 Å². The van der Waals surface area contributed by atoms with Gasteiger partial charge in [0.05, 0.1) is 0 Å². The van der Waals surface area contributed by atoms with E-state index in [0.717, 1.165) is 141 Å². The number of ether oxygens (including phenoxy) is 3. The number of hydrogen-bond acceptors (Lipinski definition) is 6. The van der Waals surface area contributed by atoms with Gasteiger partial charge in [-0.2, -0.15) is 0 Å². The van der Waals surface area contributed by atoms with Crippen LogP contribution in [0.5, 0.6) is 0 Å². The van der Waals surface area contributed by atoms with Gasteiger partial charge >= 0.3 is 17.9 Å². The molecule has 1 atom stereocenters. The smallest absolute Gasteiger partial charge is 0.306 e. The molecule has 6 nitrogen and oxygen atoms in total. The number of carbonyl (C=O) groups excluding carboxylic acids is 3. The zero-order valence-corrected chi connectivity index (χ0v) is 53.5. The van der Waals surface area contributed by atoms with E-state index in [2.05, 4.69) is 154 Å². The van der Waals surface area contributed by atoms with Crippen molar-refractivity contribution < 1.29 is 28.6 Å². The van der Waals surface area contributed by atoms with Crippen LogP contribution in [0.4, 0.5) is 0 Å². The maximum absolute atomic E-state index is 12.9. The van der Waals surface area contributed by atoms with Gasteiger partial charge in [0, 0.05) is 19.3 Å². The Balaban J connectivity index is 4.28. The van der Waals surface area contributed by atoms with Crippen LogP contribution < -0.4 is 0 Å². The Morgan fingerprint density at radius 2 is 0.476 bits per heavy atom. The molecule has 0 amide bonds. The molecule has 0 N–H and O–H groups in total. The minimum Gasteiger partial charge on any atom is -0.462 e. The quantitative estimate of drug-likeness (QED) is 0.0261. The van der Waals surface area contributed by atoms with E-state index in [9.17, 15) is 14.4 Å². The van der Waals surface area contributed by atoms with E-state index in [0.29, 0.717) is 19.3 Å². The van der Waals surface area contributed by atoms with E-state index in [1.54, 1.807) is 0 Å². The second-order valence-corrected chi connectivity index (χ2v) is 22.3. The summed E-state index contributed by atoms with van der Waals surface area (Å²) in [6, 6.07) is 0. The summed E-state index contributed by atoms with van der Waals surface area (Å²) >= 11 is 0. The van der Waals surface area contributed by atoms with Crippen LogP contribution in [-0.4, -0.2) is 37.2 Å². The van der Waals surface area contributed by atoms with Gasteiger partial charge in [-0.25, -0.2) is 0 Å². The van der Waals surface area contributed by atoms with Gasteiger partial charge in [0.25, 0.3) is 0 Å². The zero-order chi connectivity index (χ0) is 59.2. The minimum atomic E-state index is -0.794.